The number of unbranched alkanes of at least 4 members (excludes halogenated alkanes) is 1. The molecular formula is C20H21N3OS2. The molecular weight excluding hydrogens is 362 g/mol. The maximum atomic E-state index is 11.7. The quantitative estimate of drug-likeness (QED) is 0.609. The van der Waals surface area contributed by atoms with E-state index in [9.17, 15) is 4.79 Å². The maximum absolute atomic E-state index is 11.7. The van der Waals surface area contributed by atoms with Crippen molar-refractivity contribution in [2.75, 3.05) is 0 Å². The summed E-state index contributed by atoms with van der Waals surface area (Å²) in [6.45, 7) is 2.63. The van der Waals surface area contributed by atoms with Crippen molar-refractivity contribution in [2.24, 2.45) is 0 Å². The van der Waals surface area contributed by atoms with Gasteiger partial charge in [0.25, 0.3) is 0 Å². The Morgan fingerprint density at radius 1 is 1.15 bits per heavy atom. The van der Waals surface area contributed by atoms with Gasteiger partial charge in [0.05, 0.1) is 10.2 Å². The molecule has 0 unspecified atom stereocenters. The summed E-state index contributed by atoms with van der Waals surface area (Å²) in [4.78, 5) is 16.3. The van der Waals surface area contributed by atoms with Gasteiger partial charge in [-0.1, -0.05) is 49.7 Å². The molecule has 0 bridgehead atoms. The van der Waals surface area contributed by atoms with Crippen molar-refractivity contribution in [1.82, 2.24) is 15.6 Å². The Hall–Kier alpha value is -2.31. The summed E-state index contributed by atoms with van der Waals surface area (Å²) in [7, 11) is 0. The number of para-hydroxylation sites is 1. The first-order valence-corrected chi connectivity index (χ1v) is 9.90. The van der Waals surface area contributed by atoms with E-state index >= 15 is 0 Å². The van der Waals surface area contributed by atoms with E-state index in [1.165, 1.54) is 4.70 Å². The molecule has 3 aromatic rings. The third-order valence-corrected chi connectivity index (χ3v) is 5.29. The number of rotatable bonds is 6. The lowest BCUT2D eigenvalue weighted by atomic mass is 10.1. The van der Waals surface area contributed by atoms with Crippen LogP contribution in [-0.4, -0.2) is 16.0 Å². The number of carbonyl (C=O) groups excluding carboxylic acids is 1. The predicted octanol–water partition coefficient (Wildman–Crippen LogP) is 4.64. The van der Waals surface area contributed by atoms with E-state index in [1.54, 1.807) is 11.3 Å². The van der Waals surface area contributed by atoms with E-state index in [2.05, 4.69) is 52.9 Å². The van der Waals surface area contributed by atoms with Crippen LogP contribution >= 0.6 is 23.6 Å². The van der Waals surface area contributed by atoms with E-state index in [0.29, 0.717) is 18.1 Å². The average Bonchev–Trinajstić information content (AvgIpc) is 3.09. The van der Waals surface area contributed by atoms with Gasteiger partial charge in [-0.15, -0.1) is 11.3 Å². The number of benzene rings is 2. The molecule has 4 nitrogen and oxygen atoms in total. The number of hydrogen-bond donors (Lipinski definition) is 2. The van der Waals surface area contributed by atoms with Gasteiger partial charge in [-0.05, 0) is 36.3 Å². The average molecular weight is 384 g/mol. The Morgan fingerprint density at radius 3 is 2.65 bits per heavy atom. The van der Waals surface area contributed by atoms with Crippen molar-refractivity contribution in [3.8, 4) is 10.6 Å². The fourth-order valence-corrected chi connectivity index (χ4v) is 3.67. The van der Waals surface area contributed by atoms with E-state index in [4.69, 9.17) is 12.2 Å². The van der Waals surface area contributed by atoms with Crippen molar-refractivity contribution < 1.29 is 4.79 Å². The van der Waals surface area contributed by atoms with Crippen LogP contribution in [0.15, 0.2) is 48.5 Å². The molecule has 3 rings (SSSR count). The largest absolute Gasteiger partial charge is 0.358 e. The van der Waals surface area contributed by atoms with Crippen LogP contribution in [0.1, 0.15) is 31.7 Å². The van der Waals surface area contributed by atoms with Crippen LogP contribution in [0, 0.1) is 0 Å². The minimum atomic E-state index is -0.0319. The van der Waals surface area contributed by atoms with E-state index < -0.39 is 0 Å². The van der Waals surface area contributed by atoms with E-state index in [0.717, 1.165) is 34.5 Å². The molecule has 134 valence electrons. The molecule has 0 saturated heterocycles. The Bertz CT molecular complexity index is 870. The molecule has 2 aromatic carbocycles. The Morgan fingerprint density at radius 2 is 1.92 bits per heavy atom. The Kier molecular flexibility index (Phi) is 6.30. The molecule has 0 radical (unpaired) electrons. The molecule has 0 fully saturated rings. The van der Waals surface area contributed by atoms with Crippen LogP contribution in [0.25, 0.3) is 20.8 Å². The highest BCUT2D eigenvalue weighted by Crippen LogP contribution is 2.29. The van der Waals surface area contributed by atoms with E-state index in [-0.39, 0.29) is 5.91 Å². The van der Waals surface area contributed by atoms with Gasteiger partial charge >= 0.3 is 0 Å². The first kappa shape index (κ1) is 18.5. The molecule has 1 heterocycles. The molecule has 0 aliphatic carbocycles. The molecule has 26 heavy (non-hydrogen) atoms. The summed E-state index contributed by atoms with van der Waals surface area (Å²) in [6.07, 6.45) is 2.38. The highest BCUT2D eigenvalue weighted by Gasteiger charge is 2.07. The number of aromatic nitrogens is 1. The number of hydrogen-bond acceptors (Lipinski definition) is 4. The van der Waals surface area contributed by atoms with Crippen LogP contribution in [0.5, 0.6) is 0 Å². The minimum Gasteiger partial charge on any atom is -0.358 e. The lowest BCUT2D eigenvalue weighted by Gasteiger charge is -2.09. The number of amides is 1. The first-order valence-electron chi connectivity index (χ1n) is 8.68. The monoisotopic (exact) mass is 383 g/mol. The molecule has 1 aromatic heterocycles. The van der Waals surface area contributed by atoms with Gasteiger partial charge in [0.2, 0.25) is 5.91 Å². The number of nitrogens with one attached hydrogen (secondary N) is 2. The van der Waals surface area contributed by atoms with Gasteiger partial charge in [-0.2, -0.15) is 0 Å². The van der Waals surface area contributed by atoms with Crippen molar-refractivity contribution in [3.05, 3.63) is 54.1 Å². The van der Waals surface area contributed by atoms with Crippen molar-refractivity contribution >= 4 is 44.8 Å². The zero-order valence-electron chi connectivity index (χ0n) is 14.6. The van der Waals surface area contributed by atoms with Gasteiger partial charge in [0.15, 0.2) is 5.11 Å². The third kappa shape index (κ3) is 4.86. The van der Waals surface area contributed by atoms with Crippen LogP contribution in [0.3, 0.4) is 0 Å². The highest BCUT2D eigenvalue weighted by atomic mass is 32.1. The zero-order valence-corrected chi connectivity index (χ0v) is 16.3. The molecule has 6 heteroatoms. The van der Waals surface area contributed by atoms with Crippen molar-refractivity contribution in [3.63, 3.8) is 0 Å². The molecule has 2 N–H and O–H groups in total. The Labute approximate surface area is 162 Å². The van der Waals surface area contributed by atoms with Crippen LogP contribution < -0.4 is 10.6 Å². The van der Waals surface area contributed by atoms with Crippen LogP contribution in [-0.2, 0) is 11.3 Å². The highest BCUT2D eigenvalue weighted by molar-refractivity contribution is 7.80. The normalized spacial score (nSPS) is 10.7. The van der Waals surface area contributed by atoms with Crippen molar-refractivity contribution in [2.45, 2.75) is 32.7 Å². The van der Waals surface area contributed by atoms with Gasteiger partial charge < -0.3 is 10.6 Å². The van der Waals surface area contributed by atoms with Gasteiger partial charge in [0, 0.05) is 18.5 Å². The lowest BCUT2D eigenvalue weighted by Crippen LogP contribution is -2.38. The molecule has 0 aliphatic rings. The second kappa shape index (κ2) is 8.87. The SMILES string of the molecule is CCCCC(=O)NC(=S)NCc1ccc(-c2nc3ccccc3s2)cc1. The fourth-order valence-electron chi connectivity index (χ4n) is 2.51. The summed E-state index contributed by atoms with van der Waals surface area (Å²) in [5.41, 5.74) is 3.23. The minimum absolute atomic E-state index is 0.0319. The van der Waals surface area contributed by atoms with E-state index in [1.807, 2.05) is 18.2 Å². The second-order valence-corrected chi connectivity index (χ2v) is 7.46. The number of carbonyl (C=O) groups is 1. The lowest BCUT2D eigenvalue weighted by molar-refractivity contribution is -0.119. The van der Waals surface area contributed by atoms with Gasteiger partial charge in [0.1, 0.15) is 5.01 Å². The summed E-state index contributed by atoms with van der Waals surface area (Å²) >= 11 is 6.86. The molecule has 0 aliphatic heterocycles. The Balaban J connectivity index is 1.56. The van der Waals surface area contributed by atoms with Crippen LogP contribution in [0.2, 0.25) is 0 Å². The fraction of sp³-hybridized carbons (Fsp3) is 0.250. The summed E-state index contributed by atoms with van der Waals surface area (Å²) in [5, 5.41) is 7.18. The second-order valence-electron chi connectivity index (χ2n) is 6.02. The summed E-state index contributed by atoms with van der Waals surface area (Å²) in [5.74, 6) is -0.0319. The predicted molar refractivity (Wildman–Crippen MR) is 112 cm³/mol. The first-order chi connectivity index (χ1) is 12.7. The number of nitrogens with zero attached hydrogens (tertiary/aromatic N) is 1. The smallest absolute Gasteiger partial charge is 0.226 e. The zero-order chi connectivity index (χ0) is 18.4. The summed E-state index contributed by atoms with van der Waals surface area (Å²) in [6, 6.07) is 16.4. The standard InChI is InChI=1S/C20H21N3OS2/c1-2-3-8-18(24)23-20(25)21-13-14-9-11-15(12-10-14)19-22-16-6-4-5-7-17(16)26-19/h4-7,9-12H,2-3,8,13H2,1H3,(H2,21,23,24,25). The van der Waals surface area contributed by atoms with Crippen molar-refractivity contribution in [1.29, 1.82) is 0 Å². The van der Waals surface area contributed by atoms with Gasteiger partial charge in [-0.25, -0.2) is 4.98 Å². The van der Waals surface area contributed by atoms with Crippen LogP contribution in [0.4, 0.5) is 0 Å². The topological polar surface area (TPSA) is 54.0 Å². The third-order valence-electron chi connectivity index (χ3n) is 3.96. The number of fused-ring (bicyclic) bond motifs is 1. The molecule has 0 spiro atoms. The number of thiazole rings is 1. The van der Waals surface area contributed by atoms with Gasteiger partial charge in [-0.3, -0.25) is 4.79 Å². The number of thiocarbonyl (C=S) groups is 1. The molecule has 0 atom stereocenters. The molecule has 1 amide bonds. The maximum Gasteiger partial charge on any atom is 0.226 e. The summed E-state index contributed by atoms with van der Waals surface area (Å²) < 4.78 is 1.19. The molecule has 0 saturated carbocycles.